The predicted octanol–water partition coefficient (Wildman–Crippen LogP) is 3.24. The minimum absolute atomic E-state index is 0.345. The number of imidazole rings is 1. The molecule has 7 nitrogen and oxygen atoms in total. The molecule has 0 saturated carbocycles. The molecule has 2 N–H and O–H groups in total. The molecule has 0 atom stereocenters. The molecule has 2 heterocycles. The van der Waals surface area contributed by atoms with Crippen LogP contribution >= 0.6 is 0 Å². The van der Waals surface area contributed by atoms with Gasteiger partial charge in [0, 0.05) is 18.0 Å². The second-order valence-corrected chi connectivity index (χ2v) is 5.65. The van der Waals surface area contributed by atoms with E-state index in [4.69, 9.17) is 15.2 Å². The number of hydrogen-bond acceptors (Lipinski definition) is 5. The van der Waals surface area contributed by atoms with E-state index in [9.17, 15) is 0 Å². The Bertz CT molecular complexity index is 870. The van der Waals surface area contributed by atoms with Gasteiger partial charge in [0.05, 0.1) is 31.3 Å². The number of aryl methyl sites for hydroxylation is 1. The number of nitrogens with zero attached hydrogens (tertiary/aromatic N) is 4. The van der Waals surface area contributed by atoms with Crippen LogP contribution in [0.4, 0.5) is 5.95 Å². The lowest BCUT2D eigenvalue weighted by molar-refractivity contribution is 0.321. The molecule has 0 aliphatic carbocycles. The minimum Gasteiger partial charge on any atom is -0.492 e. The van der Waals surface area contributed by atoms with Gasteiger partial charge >= 0.3 is 0 Å². The van der Waals surface area contributed by atoms with E-state index in [1.165, 1.54) is 4.68 Å². The smallest absolute Gasteiger partial charge is 0.221 e. The van der Waals surface area contributed by atoms with Crippen molar-refractivity contribution in [1.29, 1.82) is 0 Å². The zero-order valence-electron chi connectivity index (χ0n) is 15.2. The Morgan fingerprint density at radius 1 is 1.12 bits per heavy atom. The van der Waals surface area contributed by atoms with Gasteiger partial charge in [-0.25, -0.2) is 9.66 Å². The summed E-state index contributed by atoms with van der Waals surface area (Å²) in [7, 11) is 0. The lowest BCUT2D eigenvalue weighted by Crippen LogP contribution is -2.05. The van der Waals surface area contributed by atoms with E-state index < -0.39 is 0 Å². The number of rotatable bonds is 7. The summed E-state index contributed by atoms with van der Waals surface area (Å²) in [5, 5.41) is 4.38. The van der Waals surface area contributed by atoms with Crippen molar-refractivity contribution in [3.05, 3.63) is 54.1 Å². The van der Waals surface area contributed by atoms with E-state index in [0.717, 1.165) is 28.4 Å². The van der Waals surface area contributed by atoms with E-state index in [2.05, 4.69) is 10.1 Å². The van der Waals surface area contributed by atoms with Gasteiger partial charge in [-0.2, -0.15) is 5.10 Å². The fourth-order valence-electron chi connectivity index (χ4n) is 2.67. The van der Waals surface area contributed by atoms with Gasteiger partial charge in [0.25, 0.3) is 0 Å². The summed E-state index contributed by atoms with van der Waals surface area (Å²) in [6, 6.07) is 7.80. The molecule has 0 aliphatic rings. The fourth-order valence-corrected chi connectivity index (χ4v) is 2.67. The molecule has 136 valence electrons. The summed E-state index contributed by atoms with van der Waals surface area (Å²) in [6.45, 7) is 6.88. The Labute approximate surface area is 152 Å². The largest absolute Gasteiger partial charge is 0.492 e. The Hall–Kier alpha value is -3.22. The summed E-state index contributed by atoms with van der Waals surface area (Å²) < 4.78 is 15.2. The summed E-state index contributed by atoms with van der Waals surface area (Å²) in [5.74, 6) is 1.80. The first-order valence-corrected chi connectivity index (χ1v) is 8.55. The summed E-state index contributed by atoms with van der Waals surface area (Å²) in [6.07, 6.45) is 7.40. The second-order valence-electron chi connectivity index (χ2n) is 5.65. The number of nitrogen functional groups attached to an aromatic ring is 1. The molecule has 1 aromatic carbocycles. The lowest BCUT2D eigenvalue weighted by atomic mass is 10.1. The zero-order chi connectivity index (χ0) is 18.5. The molecule has 0 bridgehead atoms. The molecule has 7 heteroatoms. The van der Waals surface area contributed by atoms with Gasteiger partial charge in [0.15, 0.2) is 0 Å². The van der Waals surface area contributed by atoms with Crippen molar-refractivity contribution in [2.45, 2.75) is 20.8 Å². The molecule has 0 spiro atoms. The lowest BCUT2D eigenvalue weighted by Gasteiger charge is -2.17. The van der Waals surface area contributed by atoms with Crippen molar-refractivity contribution >= 4 is 12.2 Å². The summed E-state index contributed by atoms with van der Waals surface area (Å²) in [5.41, 5.74) is 8.36. The average Bonchev–Trinajstić information content (AvgIpc) is 3.23. The van der Waals surface area contributed by atoms with Crippen LogP contribution in [0.25, 0.3) is 5.69 Å². The number of anilines is 1. The molecular weight excluding hydrogens is 330 g/mol. The highest BCUT2D eigenvalue weighted by atomic mass is 16.5. The van der Waals surface area contributed by atoms with Gasteiger partial charge in [0.2, 0.25) is 5.95 Å². The monoisotopic (exact) mass is 353 g/mol. The van der Waals surface area contributed by atoms with Crippen molar-refractivity contribution < 1.29 is 9.47 Å². The first-order chi connectivity index (χ1) is 12.6. The van der Waals surface area contributed by atoms with Crippen molar-refractivity contribution in [3.63, 3.8) is 0 Å². The topological polar surface area (TPSA) is 79.6 Å². The molecular formula is C19H23N5O2. The average molecular weight is 353 g/mol. The van der Waals surface area contributed by atoms with Gasteiger partial charge in [-0.3, -0.25) is 0 Å². The molecule has 3 rings (SSSR count). The maximum absolute atomic E-state index is 5.86. The van der Waals surface area contributed by atoms with Gasteiger partial charge in [-0.15, -0.1) is 0 Å². The quantitative estimate of drug-likeness (QED) is 0.661. The molecule has 0 radical (unpaired) electrons. The van der Waals surface area contributed by atoms with E-state index in [1.54, 1.807) is 12.4 Å². The normalized spacial score (nSPS) is 11.2. The van der Waals surface area contributed by atoms with Crippen LogP contribution in [0.2, 0.25) is 0 Å². The zero-order valence-corrected chi connectivity index (χ0v) is 15.2. The van der Waals surface area contributed by atoms with Crippen LogP contribution in [-0.4, -0.2) is 33.7 Å². The molecule has 26 heavy (non-hydrogen) atoms. The maximum atomic E-state index is 5.86. The van der Waals surface area contributed by atoms with Gasteiger partial charge in [-0.1, -0.05) is 0 Å². The van der Waals surface area contributed by atoms with E-state index >= 15 is 0 Å². The third-order valence-electron chi connectivity index (χ3n) is 3.69. The molecule has 0 aliphatic heterocycles. The summed E-state index contributed by atoms with van der Waals surface area (Å²) >= 11 is 0. The number of aromatic nitrogens is 3. The molecule has 0 fully saturated rings. The summed E-state index contributed by atoms with van der Waals surface area (Å²) in [4.78, 5) is 4.14. The Balaban J connectivity index is 2.05. The highest BCUT2D eigenvalue weighted by Crippen LogP contribution is 2.34. The maximum Gasteiger partial charge on any atom is 0.221 e. The van der Waals surface area contributed by atoms with Crippen LogP contribution in [0.15, 0.2) is 48.0 Å². The van der Waals surface area contributed by atoms with Crippen LogP contribution in [0.3, 0.4) is 0 Å². The Morgan fingerprint density at radius 2 is 1.73 bits per heavy atom. The van der Waals surface area contributed by atoms with Crippen LogP contribution in [0.5, 0.6) is 11.5 Å². The highest BCUT2D eigenvalue weighted by Gasteiger charge is 2.14. The van der Waals surface area contributed by atoms with Crippen LogP contribution in [-0.2, 0) is 0 Å². The highest BCUT2D eigenvalue weighted by molar-refractivity contribution is 5.83. The first kappa shape index (κ1) is 17.6. The van der Waals surface area contributed by atoms with Crippen molar-refractivity contribution in [2.75, 3.05) is 18.9 Å². The van der Waals surface area contributed by atoms with Gasteiger partial charge in [0.1, 0.15) is 17.2 Å². The number of benzene rings is 1. The van der Waals surface area contributed by atoms with Crippen molar-refractivity contribution in [1.82, 2.24) is 14.2 Å². The molecule has 0 saturated heterocycles. The Kier molecular flexibility index (Phi) is 5.26. The van der Waals surface area contributed by atoms with Crippen LogP contribution in [0.1, 0.15) is 25.1 Å². The van der Waals surface area contributed by atoms with E-state index in [0.29, 0.717) is 19.2 Å². The number of hydrogen-bond donors (Lipinski definition) is 1. The van der Waals surface area contributed by atoms with Gasteiger partial charge in [-0.05, 0) is 45.0 Å². The molecule has 3 aromatic rings. The third kappa shape index (κ3) is 3.72. The standard InChI is InChI=1S/C19H23N5O2/c1-4-25-16-10-15(12-21-24-13-14(3)22-19(24)20)11-17(26-5-2)18(16)23-8-6-7-9-23/h6-13H,4-5H2,1-3H3,(H2,20,22). The van der Waals surface area contributed by atoms with Crippen molar-refractivity contribution in [3.8, 4) is 17.2 Å². The van der Waals surface area contributed by atoms with Crippen LogP contribution in [0, 0.1) is 6.92 Å². The fraction of sp³-hybridized carbons (Fsp3) is 0.263. The minimum atomic E-state index is 0.345. The molecule has 2 aromatic heterocycles. The Morgan fingerprint density at radius 3 is 2.23 bits per heavy atom. The molecule has 0 amide bonds. The van der Waals surface area contributed by atoms with E-state index in [-0.39, 0.29) is 0 Å². The van der Waals surface area contributed by atoms with E-state index in [1.807, 2.05) is 62.0 Å². The number of ether oxygens (including phenoxy) is 2. The number of nitrogens with two attached hydrogens (primary N) is 1. The third-order valence-corrected chi connectivity index (χ3v) is 3.69. The molecule has 0 unspecified atom stereocenters. The first-order valence-electron chi connectivity index (χ1n) is 8.55. The van der Waals surface area contributed by atoms with Crippen molar-refractivity contribution in [2.24, 2.45) is 5.10 Å². The predicted molar refractivity (Wildman–Crippen MR) is 102 cm³/mol. The van der Waals surface area contributed by atoms with Gasteiger partial charge < -0.3 is 19.8 Å². The second kappa shape index (κ2) is 7.77. The van der Waals surface area contributed by atoms with Crippen LogP contribution < -0.4 is 15.2 Å². The SMILES string of the molecule is CCOc1cc(C=Nn2cc(C)nc2N)cc(OCC)c1-n1cccc1.